The molecule has 462 valence electrons. The van der Waals surface area contributed by atoms with E-state index in [0.717, 1.165) is 64.2 Å². The SMILES string of the molecule is CCCCCC/C=C\CCCCCCCC(=O)NCC(C)NC(=O)CCCCCCC/C=C\CCCCCC.CCCCCC/C=C\CCCCCCCC(=O)NCCCCNC(=O)CCCCCCC/C=C\CCCCCC. The summed E-state index contributed by atoms with van der Waals surface area (Å²) in [6, 6.07) is -0.0186. The van der Waals surface area contributed by atoms with Crippen LogP contribution in [0.2, 0.25) is 0 Å². The predicted molar refractivity (Wildman–Crippen MR) is 347 cm³/mol. The molecule has 0 heterocycles. The van der Waals surface area contributed by atoms with Gasteiger partial charge < -0.3 is 21.3 Å². The third-order valence-corrected chi connectivity index (χ3v) is 14.9. The average Bonchev–Trinajstić information content (AvgIpc) is 3.44. The van der Waals surface area contributed by atoms with Gasteiger partial charge in [-0.2, -0.15) is 0 Å². The third-order valence-electron chi connectivity index (χ3n) is 14.9. The Labute approximate surface area is 491 Å². The molecular weight excluding hydrogens is 973 g/mol. The van der Waals surface area contributed by atoms with Gasteiger partial charge in [0.15, 0.2) is 0 Å². The number of allylic oxidation sites excluding steroid dienone is 8. The Morgan fingerprint density at radius 1 is 0.266 bits per heavy atom. The molecule has 8 nitrogen and oxygen atoms in total. The van der Waals surface area contributed by atoms with Crippen LogP contribution in [0.1, 0.15) is 356 Å². The van der Waals surface area contributed by atoms with Gasteiger partial charge in [0.25, 0.3) is 0 Å². The van der Waals surface area contributed by atoms with Gasteiger partial charge in [0.1, 0.15) is 0 Å². The molecule has 0 aliphatic heterocycles. The number of unbranched alkanes of at least 4 members (excludes halogenated alkanes) is 37. The lowest BCUT2D eigenvalue weighted by atomic mass is 10.1. The number of carbonyl (C=O) groups excluding carboxylic acids is 4. The van der Waals surface area contributed by atoms with E-state index in [1.165, 1.54) is 231 Å². The van der Waals surface area contributed by atoms with Crippen molar-refractivity contribution in [3.8, 4) is 0 Å². The van der Waals surface area contributed by atoms with Crippen LogP contribution in [0.15, 0.2) is 48.6 Å². The molecule has 0 aliphatic rings. The first kappa shape index (κ1) is 77.9. The number of rotatable bonds is 60. The number of amides is 4. The van der Waals surface area contributed by atoms with Crippen LogP contribution in [0, 0.1) is 0 Å². The van der Waals surface area contributed by atoms with E-state index in [1.54, 1.807) is 0 Å². The fourth-order valence-corrected chi connectivity index (χ4v) is 9.65. The third kappa shape index (κ3) is 70.9. The Bertz CT molecular complexity index is 1360. The lowest BCUT2D eigenvalue weighted by Gasteiger charge is -2.15. The molecule has 0 saturated heterocycles. The van der Waals surface area contributed by atoms with Gasteiger partial charge in [0.2, 0.25) is 23.6 Å². The van der Waals surface area contributed by atoms with E-state index in [-0.39, 0.29) is 29.7 Å². The second-order valence-electron chi connectivity index (χ2n) is 23.2. The first-order valence-electron chi connectivity index (χ1n) is 34.5. The van der Waals surface area contributed by atoms with Gasteiger partial charge in [-0.3, -0.25) is 19.2 Å². The first-order chi connectivity index (χ1) is 38.8. The van der Waals surface area contributed by atoms with E-state index in [2.05, 4.69) is 97.6 Å². The highest BCUT2D eigenvalue weighted by atomic mass is 16.2. The summed E-state index contributed by atoms with van der Waals surface area (Å²) in [4.78, 5) is 48.3. The standard InChI is InChI=1S/C36H68N2O2.C35H66N2O2/c1-3-5-7-9-11-13-15-17-19-21-23-25-27-31-35(39)37-33-29-30-34-38-36(40)32-28-26-24-22-20-18-16-14-12-10-8-6-4-2;1-4-6-8-10-12-14-16-18-20-22-24-26-28-30-34(38)36-32-33(3)37-35(39)31-29-27-25-23-21-19-17-15-13-11-9-7-5-2/h13-16H,3-12,17-34H2,1-2H3,(H,37,39)(H,38,40);14-17,33H,4-13,18-32H2,1-3H3,(H,36,38)(H,37,39)/b15-13-,16-14-;16-14-,17-15-. The fourth-order valence-electron chi connectivity index (χ4n) is 9.65. The number of nitrogens with one attached hydrogen (secondary N) is 4. The van der Waals surface area contributed by atoms with Crippen LogP contribution < -0.4 is 21.3 Å². The Hall–Kier alpha value is -3.16. The van der Waals surface area contributed by atoms with Gasteiger partial charge in [-0.15, -0.1) is 0 Å². The van der Waals surface area contributed by atoms with Crippen LogP contribution in [0.25, 0.3) is 0 Å². The summed E-state index contributed by atoms with van der Waals surface area (Å²) in [6.07, 6.45) is 77.7. The van der Waals surface area contributed by atoms with Crippen LogP contribution in [0.5, 0.6) is 0 Å². The molecule has 0 aliphatic carbocycles. The van der Waals surface area contributed by atoms with E-state index in [0.29, 0.717) is 45.3 Å². The van der Waals surface area contributed by atoms with Crippen LogP contribution in [0.3, 0.4) is 0 Å². The lowest BCUT2D eigenvalue weighted by Crippen LogP contribution is -2.41. The maximum atomic E-state index is 12.2. The fraction of sp³-hybridized carbons (Fsp3) is 0.831. The minimum Gasteiger partial charge on any atom is -0.356 e. The molecule has 79 heavy (non-hydrogen) atoms. The molecule has 0 fully saturated rings. The van der Waals surface area contributed by atoms with E-state index in [4.69, 9.17) is 0 Å². The van der Waals surface area contributed by atoms with Crippen molar-refractivity contribution in [2.75, 3.05) is 19.6 Å². The summed E-state index contributed by atoms with van der Waals surface area (Å²) in [5.74, 6) is 0.560. The quantitative estimate of drug-likeness (QED) is 0.0359. The molecule has 0 spiro atoms. The van der Waals surface area contributed by atoms with Crippen molar-refractivity contribution in [2.45, 2.75) is 362 Å². The number of carbonyl (C=O) groups is 4. The molecule has 1 atom stereocenters. The molecule has 0 rings (SSSR count). The van der Waals surface area contributed by atoms with Crippen LogP contribution in [-0.2, 0) is 19.2 Å². The van der Waals surface area contributed by atoms with Crippen molar-refractivity contribution in [2.24, 2.45) is 0 Å². The molecule has 4 N–H and O–H groups in total. The van der Waals surface area contributed by atoms with Crippen molar-refractivity contribution in [1.29, 1.82) is 0 Å². The largest absolute Gasteiger partial charge is 0.356 e. The van der Waals surface area contributed by atoms with E-state index < -0.39 is 0 Å². The van der Waals surface area contributed by atoms with Gasteiger partial charge in [-0.1, -0.05) is 230 Å². The van der Waals surface area contributed by atoms with E-state index >= 15 is 0 Å². The summed E-state index contributed by atoms with van der Waals surface area (Å²) < 4.78 is 0. The van der Waals surface area contributed by atoms with Gasteiger partial charge in [-0.05, 0) is 148 Å². The first-order valence-corrected chi connectivity index (χ1v) is 34.5. The zero-order valence-corrected chi connectivity index (χ0v) is 53.3. The summed E-state index contributed by atoms with van der Waals surface area (Å²) in [5.41, 5.74) is 0. The van der Waals surface area contributed by atoms with Crippen molar-refractivity contribution in [1.82, 2.24) is 21.3 Å². The van der Waals surface area contributed by atoms with Gasteiger partial charge in [0.05, 0.1) is 0 Å². The second kappa shape index (κ2) is 69.1. The maximum absolute atomic E-state index is 12.2. The highest BCUT2D eigenvalue weighted by molar-refractivity contribution is 5.77. The summed E-state index contributed by atoms with van der Waals surface area (Å²) >= 11 is 0. The maximum Gasteiger partial charge on any atom is 0.220 e. The molecule has 0 aromatic rings. The molecule has 8 heteroatoms. The topological polar surface area (TPSA) is 116 Å². The number of hydrogen-bond acceptors (Lipinski definition) is 4. The Morgan fingerprint density at radius 3 is 0.747 bits per heavy atom. The summed E-state index contributed by atoms with van der Waals surface area (Å²) in [7, 11) is 0. The average molecular weight is 1110 g/mol. The van der Waals surface area contributed by atoms with E-state index in [9.17, 15) is 19.2 Å². The summed E-state index contributed by atoms with van der Waals surface area (Å²) in [6.45, 7) is 12.9. The Balaban J connectivity index is 0. The Kier molecular flexibility index (Phi) is 68.2. The molecule has 0 saturated carbocycles. The van der Waals surface area contributed by atoms with Crippen molar-refractivity contribution < 1.29 is 19.2 Å². The van der Waals surface area contributed by atoms with Crippen molar-refractivity contribution >= 4 is 23.6 Å². The Morgan fingerprint density at radius 2 is 0.481 bits per heavy atom. The molecule has 0 radical (unpaired) electrons. The van der Waals surface area contributed by atoms with Gasteiger partial charge >= 0.3 is 0 Å². The van der Waals surface area contributed by atoms with Crippen molar-refractivity contribution in [3.05, 3.63) is 48.6 Å². The summed E-state index contributed by atoms with van der Waals surface area (Å²) in [5, 5.41) is 12.1. The minimum absolute atomic E-state index is 0.0186. The molecule has 4 amide bonds. The zero-order valence-electron chi connectivity index (χ0n) is 53.3. The predicted octanol–water partition coefficient (Wildman–Crippen LogP) is 20.6. The smallest absolute Gasteiger partial charge is 0.220 e. The van der Waals surface area contributed by atoms with Gasteiger partial charge in [0, 0.05) is 51.4 Å². The number of hydrogen-bond donors (Lipinski definition) is 4. The highest BCUT2D eigenvalue weighted by Crippen LogP contribution is 2.13. The normalized spacial score (nSPS) is 12.0. The molecule has 1 unspecified atom stereocenters. The van der Waals surface area contributed by atoms with Crippen LogP contribution in [0.4, 0.5) is 0 Å². The van der Waals surface area contributed by atoms with Gasteiger partial charge in [-0.25, -0.2) is 0 Å². The molecular formula is C71H134N4O4. The molecule has 0 aromatic heterocycles. The van der Waals surface area contributed by atoms with Crippen LogP contribution >= 0.6 is 0 Å². The van der Waals surface area contributed by atoms with E-state index in [1.807, 2.05) is 6.92 Å². The van der Waals surface area contributed by atoms with Crippen LogP contribution in [-0.4, -0.2) is 49.3 Å². The van der Waals surface area contributed by atoms with Crippen molar-refractivity contribution in [3.63, 3.8) is 0 Å². The molecule has 0 aromatic carbocycles. The zero-order chi connectivity index (χ0) is 57.8. The second-order valence-corrected chi connectivity index (χ2v) is 23.2. The highest BCUT2D eigenvalue weighted by Gasteiger charge is 2.09. The monoisotopic (exact) mass is 1110 g/mol. The lowest BCUT2D eigenvalue weighted by molar-refractivity contribution is -0.123. The minimum atomic E-state index is -0.0186. The molecule has 0 bridgehead atoms.